The molecule has 0 atom stereocenters. The van der Waals surface area contributed by atoms with Gasteiger partial charge in [0.15, 0.2) is 11.6 Å². The Bertz CT molecular complexity index is 1520. The quantitative estimate of drug-likeness (QED) is 0.290. The third kappa shape index (κ3) is 5.14. The van der Waals surface area contributed by atoms with E-state index in [1.54, 1.807) is 0 Å². The Morgan fingerprint density at radius 1 is 0.971 bits per heavy atom. The predicted octanol–water partition coefficient (Wildman–Crippen LogP) is 4.11. The highest BCUT2D eigenvalue weighted by Gasteiger charge is 2.20. The molecule has 178 valence electrons. The molecule has 0 radical (unpaired) electrons. The lowest BCUT2D eigenvalue weighted by Crippen LogP contribution is -2.14. The molecule has 3 aromatic carbocycles. The molecule has 1 heterocycles. The lowest BCUT2D eigenvalue weighted by Gasteiger charge is -2.10. The van der Waals surface area contributed by atoms with Gasteiger partial charge in [0, 0.05) is 35.4 Å². The number of rotatable bonds is 7. The van der Waals surface area contributed by atoms with Gasteiger partial charge in [-0.05, 0) is 54.6 Å². The monoisotopic (exact) mass is 499 g/mol. The van der Waals surface area contributed by atoms with E-state index in [0.29, 0.717) is 12.1 Å². The number of nitrogens with zero attached hydrogens (tertiary/aromatic N) is 3. The number of sulfonamides is 1. The van der Waals surface area contributed by atoms with E-state index in [0.717, 1.165) is 12.1 Å². The third-order valence-corrected chi connectivity index (χ3v) is 6.19. The predicted molar refractivity (Wildman–Crippen MR) is 122 cm³/mol. The third-order valence-electron chi connectivity index (χ3n) is 4.81. The Morgan fingerprint density at radius 2 is 1.69 bits per heavy atom. The van der Waals surface area contributed by atoms with Crippen LogP contribution in [0.15, 0.2) is 84.3 Å². The number of imidazole rings is 1. The van der Waals surface area contributed by atoms with Crippen LogP contribution >= 0.6 is 0 Å². The number of hydrogen-bond acceptors (Lipinski definition) is 6. The molecule has 0 saturated carbocycles. The van der Waals surface area contributed by atoms with Crippen LogP contribution in [0, 0.1) is 21.7 Å². The van der Waals surface area contributed by atoms with Crippen LogP contribution in [0.5, 0.6) is 0 Å². The molecule has 2 N–H and O–H groups in total. The molecule has 1 amide bonds. The molecule has 35 heavy (non-hydrogen) atoms. The number of hydrogen-bond donors (Lipinski definition) is 2. The zero-order valence-corrected chi connectivity index (χ0v) is 18.4. The van der Waals surface area contributed by atoms with E-state index in [-0.39, 0.29) is 28.3 Å². The summed E-state index contributed by atoms with van der Waals surface area (Å²) in [6, 6.07) is 11.6. The van der Waals surface area contributed by atoms with Gasteiger partial charge in [-0.15, -0.1) is 0 Å². The average molecular weight is 499 g/mol. The fraction of sp³-hybridized carbons (Fsp3) is 0. The summed E-state index contributed by atoms with van der Waals surface area (Å²) in [6.07, 6.45) is 4.39. The van der Waals surface area contributed by atoms with Gasteiger partial charge in [-0.25, -0.2) is 22.2 Å². The van der Waals surface area contributed by atoms with Crippen molar-refractivity contribution in [1.29, 1.82) is 0 Å². The van der Waals surface area contributed by atoms with Gasteiger partial charge in [0.1, 0.15) is 5.69 Å². The van der Waals surface area contributed by atoms with Crippen molar-refractivity contribution < 1.29 is 26.9 Å². The number of amides is 1. The largest absolute Gasteiger partial charge is 0.322 e. The van der Waals surface area contributed by atoms with Gasteiger partial charge in [0.05, 0.1) is 16.1 Å². The first kappa shape index (κ1) is 23.5. The number of halogens is 2. The number of carbonyl (C=O) groups excluding carboxylic acids is 1. The molecule has 13 heteroatoms. The fourth-order valence-electron chi connectivity index (χ4n) is 3.11. The minimum Gasteiger partial charge on any atom is -0.322 e. The van der Waals surface area contributed by atoms with Crippen LogP contribution in [0.25, 0.3) is 5.69 Å². The molecule has 0 bridgehead atoms. The highest BCUT2D eigenvalue weighted by atomic mass is 32.2. The van der Waals surface area contributed by atoms with Gasteiger partial charge in [-0.1, -0.05) is 0 Å². The molecule has 0 unspecified atom stereocenters. The number of anilines is 2. The molecule has 1 aromatic heterocycles. The van der Waals surface area contributed by atoms with Crippen molar-refractivity contribution in [2.75, 3.05) is 10.0 Å². The topological polar surface area (TPSA) is 136 Å². The number of carbonyl (C=O) groups is 1. The second kappa shape index (κ2) is 9.30. The van der Waals surface area contributed by atoms with E-state index in [9.17, 15) is 32.1 Å². The number of benzene rings is 3. The lowest BCUT2D eigenvalue weighted by molar-refractivity contribution is -0.384. The first-order valence-corrected chi connectivity index (χ1v) is 11.3. The summed E-state index contributed by atoms with van der Waals surface area (Å²) in [6.45, 7) is 0. The highest BCUT2D eigenvalue weighted by Crippen LogP contribution is 2.25. The summed E-state index contributed by atoms with van der Waals surface area (Å²) in [5, 5.41) is 14.0. The number of aromatic nitrogens is 2. The zero-order valence-electron chi connectivity index (χ0n) is 17.6. The lowest BCUT2D eigenvalue weighted by atomic mass is 10.1. The van der Waals surface area contributed by atoms with Gasteiger partial charge in [0.25, 0.3) is 21.6 Å². The second-order valence-electron chi connectivity index (χ2n) is 7.14. The Labute approximate surface area is 197 Å². The van der Waals surface area contributed by atoms with Crippen molar-refractivity contribution in [2.24, 2.45) is 0 Å². The maximum Gasteiger partial charge on any atom is 0.294 e. The smallest absolute Gasteiger partial charge is 0.294 e. The minimum atomic E-state index is -4.18. The van der Waals surface area contributed by atoms with Crippen molar-refractivity contribution >= 4 is 33.0 Å². The van der Waals surface area contributed by atoms with Crippen LogP contribution in [-0.2, 0) is 10.0 Å². The average Bonchev–Trinajstić information content (AvgIpc) is 3.36. The summed E-state index contributed by atoms with van der Waals surface area (Å²) < 4.78 is 54.9. The van der Waals surface area contributed by atoms with Crippen molar-refractivity contribution in [3.63, 3.8) is 0 Å². The molecule has 0 aliphatic carbocycles. The van der Waals surface area contributed by atoms with E-state index in [1.807, 2.05) is 0 Å². The van der Waals surface area contributed by atoms with Gasteiger partial charge >= 0.3 is 0 Å². The molecule has 0 aliphatic rings. The fourth-order valence-corrected chi connectivity index (χ4v) is 4.18. The highest BCUT2D eigenvalue weighted by molar-refractivity contribution is 7.92. The normalized spacial score (nSPS) is 11.1. The Hall–Kier alpha value is -4.65. The van der Waals surface area contributed by atoms with E-state index in [4.69, 9.17) is 0 Å². The molecule has 0 saturated heterocycles. The summed E-state index contributed by atoms with van der Waals surface area (Å²) in [7, 11) is -4.18. The van der Waals surface area contributed by atoms with Gasteiger partial charge in [0.2, 0.25) is 0 Å². The molecule has 10 nitrogen and oxygen atoms in total. The number of nitro groups is 1. The van der Waals surface area contributed by atoms with E-state index >= 15 is 0 Å². The van der Waals surface area contributed by atoms with Crippen molar-refractivity contribution in [1.82, 2.24) is 9.55 Å². The summed E-state index contributed by atoms with van der Waals surface area (Å²) >= 11 is 0. The number of nitro benzene ring substituents is 1. The van der Waals surface area contributed by atoms with E-state index < -0.39 is 37.4 Å². The first-order valence-electron chi connectivity index (χ1n) is 9.80. The maximum atomic E-state index is 13.4. The van der Waals surface area contributed by atoms with Gasteiger partial charge in [-0.3, -0.25) is 19.6 Å². The Balaban J connectivity index is 1.49. The molecule has 4 aromatic rings. The zero-order chi connectivity index (χ0) is 25.2. The summed E-state index contributed by atoms with van der Waals surface area (Å²) in [5.74, 6) is -3.10. The minimum absolute atomic E-state index is 0.0312. The van der Waals surface area contributed by atoms with Gasteiger partial charge < -0.3 is 9.88 Å². The molecule has 0 fully saturated rings. The van der Waals surface area contributed by atoms with Crippen LogP contribution in [-0.4, -0.2) is 28.8 Å². The van der Waals surface area contributed by atoms with Crippen LogP contribution < -0.4 is 10.0 Å². The van der Waals surface area contributed by atoms with Gasteiger partial charge in [-0.2, -0.15) is 0 Å². The molecule has 4 rings (SSSR count). The number of nitrogens with one attached hydrogen (secondary N) is 2. The van der Waals surface area contributed by atoms with Crippen molar-refractivity contribution in [2.45, 2.75) is 4.90 Å². The maximum absolute atomic E-state index is 13.4. The standard InChI is InChI=1S/C22H15F2N5O5S/c23-18-7-6-17(12-19(18)24)35(33,34)27-16-4-2-15(3-5-16)26-22(30)14-1-8-20(21(11-14)29(31)32)28-10-9-25-13-28/h1-13,27H,(H,26,30). The SMILES string of the molecule is O=C(Nc1ccc(NS(=O)(=O)c2ccc(F)c(F)c2)cc1)c1ccc(-n2ccnc2)c([N+](=O)[O-])c1. The van der Waals surface area contributed by atoms with Crippen molar-refractivity contribution in [3.05, 3.63) is 107 Å². The summed E-state index contributed by atoms with van der Waals surface area (Å²) in [5.41, 5.74) is 0.364. The van der Waals surface area contributed by atoms with Crippen LogP contribution in [0.1, 0.15) is 10.4 Å². The Kier molecular flexibility index (Phi) is 6.25. The van der Waals surface area contributed by atoms with Crippen molar-refractivity contribution in [3.8, 4) is 5.69 Å². The van der Waals surface area contributed by atoms with Crippen LogP contribution in [0.2, 0.25) is 0 Å². The Morgan fingerprint density at radius 3 is 2.31 bits per heavy atom. The van der Waals surface area contributed by atoms with Crippen LogP contribution in [0.3, 0.4) is 0 Å². The first-order chi connectivity index (χ1) is 16.6. The molecular weight excluding hydrogens is 484 g/mol. The van der Waals surface area contributed by atoms with E-state index in [1.165, 1.54) is 59.7 Å². The van der Waals surface area contributed by atoms with E-state index in [2.05, 4.69) is 15.0 Å². The molecular formula is C22H15F2N5O5S. The summed E-state index contributed by atoms with van der Waals surface area (Å²) in [4.78, 5) is 26.9. The molecule has 0 spiro atoms. The van der Waals surface area contributed by atoms with Crippen LogP contribution in [0.4, 0.5) is 25.8 Å². The molecule has 0 aliphatic heterocycles. The second-order valence-corrected chi connectivity index (χ2v) is 8.83.